The molecule has 1 amide bonds. The summed E-state index contributed by atoms with van der Waals surface area (Å²) in [6.45, 7) is 5.70. The summed E-state index contributed by atoms with van der Waals surface area (Å²) in [5.41, 5.74) is 3.00. The standard InChI is InChI=1S/C16H24N2O2/c1-3-17-15-10-12(2)7-8-14(15)18-16(19)11-13-6-4-5-9-20-13/h7-8,10,13,17H,3-6,9,11H2,1-2H3,(H,18,19)/t13-/m0/s1. The first-order valence-corrected chi connectivity index (χ1v) is 7.45. The van der Waals surface area contributed by atoms with Crippen molar-refractivity contribution in [3.05, 3.63) is 23.8 Å². The maximum atomic E-state index is 12.1. The quantitative estimate of drug-likeness (QED) is 0.867. The highest BCUT2D eigenvalue weighted by molar-refractivity contribution is 5.94. The molecule has 20 heavy (non-hydrogen) atoms. The topological polar surface area (TPSA) is 50.4 Å². The average molecular weight is 276 g/mol. The minimum atomic E-state index is 0.0277. The zero-order valence-electron chi connectivity index (χ0n) is 12.4. The molecule has 0 bridgehead atoms. The summed E-state index contributed by atoms with van der Waals surface area (Å²) in [6.07, 6.45) is 3.78. The predicted molar refractivity (Wildman–Crippen MR) is 82.2 cm³/mol. The van der Waals surface area contributed by atoms with Crippen molar-refractivity contribution in [3.8, 4) is 0 Å². The second kappa shape index (κ2) is 7.29. The van der Waals surface area contributed by atoms with Crippen LogP contribution in [0, 0.1) is 6.92 Å². The van der Waals surface area contributed by atoms with Crippen LogP contribution >= 0.6 is 0 Å². The summed E-state index contributed by atoms with van der Waals surface area (Å²) in [5.74, 6) is 0.0277. The number of rotatable bonds is 5. The fraction of sp³-hybridized carbons (Fsp3) is 0.562. The second-order valence-electron chi connectivity index (χ2n) is 5.32. The monoisotopic (exact) mass is 276 g/mol. The van der Waals surface area contributed by atoms with E-state index in [1.807, 2.05) is 26.0 Å². The van der Waals surface area contributed by atoms with Gasteiger partial charge in [-0.3, -0.25) is 4.79 Å². The summed E-state index contributed by atoms with van der Waals surface area (Å²) < 4.78 is 5.61. The number of carbonyl (C=O) groups is 1. The molecule has 1 fully saturated rings. The number of amides is 1. The Labute approximate surface area is 120 Å². The molecule has 1 saturated heterocycles. The van der Waals surface area contributed by atoms with Gasteiger partial charge in [-0.1, -0.05) is 6.07 Å². The van der Waals surface area contributed by atoms with Crippen LogP contribution in [0.25, 0.3) is 0 Å². The molecule has 2 rings (SSSR count). The molecule has 1 aliphatic rings. The molecule has 4 heteroatoms. The number of anilines is 2. The van der Waals surface area contributed by atoms with Gasteiger partial charge in [0, 0.05) is 13.2 Å². The summed E-state index contributed by atoms with van der Waals surface area (Å²) in [7, 11) is 0. The third-order valence-corrected chi connectivity index (χ3v) is 3.50. The fourth-order valence-corrected chi connectivity index (χ4v) is 2.48. The molecular weight excluding hydrogens is 252 g/mol. The van der Waals surface area contributed by atoms with Crippen LogP contribution < -0.4 is 10.6 Å². The third kappa shape index (κ3) is 4.23. The van der Waals surface area contributed by atoms with Crippen LogP contribution in [0.2, 0.25) is 0 Å². The predicted octanol–water partition coefficient (Wildman–Crippen LogP) is 3.32. The van der Waals surface area contributed by atoms with Crippen LogP contribution in [0.15, 0.2) is 18.2 Å². The first-order valence-electron chi connectivity index (χ1n) is 7.45. The Morgan fingerprint density at radius 1 is 1.35 bits per heavy atom. The molecule has 0 aliphatic carbocycles. The van der Waals surface area contributed by atoms with Crippen LogP contribution in [-0.4, -0.2) is 25.2 Å². The Balaban J connectivity index is 1.96. The summed E-state index contributed by atoms with van der Waals surface area (Å²) in [5, 5.41) is 6.27. The lowest BCUT2D eigenvalue weighted by Gasteiger charge is -2.22. The summed E-state index contributed by atoms with van der Waals surface area (Å²) in [4.78, 5) is 12.1. The van der Waals surface area contributed by atoms with E-state index >= 15 is 0 Å². The maximum absolute atomic E-state index is 12.1. The van der Waals surface area contributed by atoms with Gasteiger partial charge in [0.05, 0.1) is 23.9 Å². The molecule has 0 saturated carbocycles. The minimum Gasteiger partial charge on any atom is -0.384 e. The van der Waals surface area contributed by atoms with E-state index in [1.165, 1.54) is 5.56 Å². The van der Waals surface area contributed by atoms with Gasteiger partial charge in [0.25, 0.3) is 0 Å². The van der Waals surface area contributed by atoms with Crippen LogP contribution in [0.3, 0.4) is 0 Å². The molecule has 0 radical (unpaired) electrons. The van der Waals surface area contributed by atoms with Crippen LogP contribution in [0.5, 0.6) is 0 Å². The lowest BCUT2D eigenvalue weighted by Crippen LogP contribution is -2.25. The average Bonchev–Trinajstić information content (AvgIpc) is 2.43. The molecular formula is C16H24N2O2. The van der Waals surface area contributed by atoms with Gasteiger partial charge in [0.15, 0.2) is 0 Å². The van der Waals surface area contributed by atoms with Crippen LogP contribution in [0.4, 0.5) is 11.4 Å². The van der Waals surface area contributed by atoms with E-state index in [4.69, 9.17) is 4.74 Å². The van der Waals surface area contributed by atoms with E-state index in [1.54, 1.807) is 0 Å². The normalized spacial score (nSPS) is 18.6. The van der Waals surface area contributed by atoms with Crippen molar-refractivity contribution in [1.82, 2.24) is 0 Å². The number of aryl methyl sites for hydroxylation is 1. The summed E-state index contributed by atoms with van der Waals surface area (Å²) >= 11 is 0. The van der Waals surface area contributed by atoms with Gasteiger partial charge in [-0.2, -0.15) is 0 Å². The Morgan fingerprint density at radius 3 is 2.90 bits per heavy atom. The molecule has 4 nitrogen and oxygen atoms in total. The van der Waals surface area contributed by atoms with E-state index in [2.05, 4.69) is 16.7 Å². The second-order valence-corrected chi connectivity index (χ2v) is 5.32. The highest BCUT2D eigenvalue weighted by Gasteiger charge is 2.18. The van der Waals surface area contributed by atoms with Gasteiger partial charge in [-0.05, 0) is 50.8 Å². The van der Waals surface area contributed by atoms with E-state index in [0.717, 1.165) is 43.8 Å². The molecule has 1 aliphatic heterocycles. The molecule has 1 aromatic rings. The van der Waals surface area contributed by atoms with Crippen molar-refractivity contribution in [1.29, 1.82) is 0 Å². The smallest absolute Gasteiger partial charge is 0.227 e. The minimum absolute atomic E-state index is 0.0277. The van der Waals surface area contributed by atoms with Gasteiger partial charge in [0.2, 0.25) is 5.91 Å². The van der Waals surface area contributed by atoms with Gasteiger partial charge in [-0.15, -0.1) is 0 Å². The van der Waals surface area contributed by atoms with Crippen molar-refractivity contribution in [3.63, 3.8) is 0 Å². The van der Waals surface area contributed by atoms with Crippen molar-refractivity contribution in [2.24, 2.45) is 0 Å². The highest BCUT2D eigenvalue weighted by Crippen LogP contribution is 2.24. The van der Waals surface area contributed by atoms with Crippen LogP contribution in [-0.2, 0) is 9.53 Å². The van der Waals surface area contributed by atoms with E-state index in [-0.39, 0.29) is 12.0 Å². The third-order valence-electron chi connectivity index (χ3n) is 3.50. The Bertz CT molecular complexity index is 454. The maximum Gasteiger partial charge on any atom is 0.227 e. The zero-order chi connectivity index (χ0) is 14.4. The highest BCUT2D eigenvalue weighted by atomic mass is 16.5. The van der Waals surface area contributed by atoms with Gasteiger partial charge in [-0.25, -0.2) is 0 Å². The van der Waals surface area contributed by atoms with Crippen LogP contribution in [0.1, 0.15) is 38.2 Å². The molecule has 0 spiro atoms. The molecule has 1 heterocycles. The Kier molecular flexibility index (Phi) is 5.41. The van der Waals surface area contributed by atoms with Crippen molar-refractivity contribution >= 4 is 17.3 Å². The number of hydrogen-bond donors (Lipinski definition) is 2. The molecule has 1 atom stereocenters. The van der Waals surface area contributed by atoms with Gasteiger partial charge < -0.3 is 15.4 Å². The number of nitrogens with one attached hydrogen (secondary N) is 2. The largest absolute Gasteiger partial charge is 0.384 e. The van der Waals surface area contributed by atoms with Crippen molar-refractivity contribution in [2.45, 2.75) is 45.6 Å². The zero-order valence-corrected chi connectivity index (χ0v) is 12.4. The first kappa shape index (κ1) is 14.9. The lowest BCUT2D eigenvalue weighted by molar-refractivity contribution is -0.119. The van der Waals surface area contributed by atoms with Crippen molar-refractivity contribution in [2.75, 3.05) is 23.8 Å². The molecule has 110 valence electrons. The Hall–Kier alpha value is -1.55. The number of ether oxygens (including phenoxy) is 1. The van der Waals surface area contributed by atoms with E-state index in [9.17, 15) is 4.79 Å². The van der Waals surface area contributed by atoms with E-state index < -0.39 is 0 Å². The molecule has 2 N–H and O–H groups in total. The SMILES string of the molecule is CCNc1cc(C)ccc1NC(=O)C[C@@H]1CCCCO1. The fourth-order valence-electron chi connectivity index (χ4n) is 2.48. The number of benzene rings is 1. The first-order chi connectivity index (χ1) is 9.69. The molecule has 0 unspecified atom stereocenters. The summed E-state index contributed by atoms with van der Waals surface area (Å²) in [6, 6.07) is 6.01. The molecule has 0 aromatic heterocycles. The van der Waals surface area contributed by atoms with Gasteiger partial charge in [0.1, 0.15) is 0 Å². The number of hydrogen-bond acceptors (Lipinski definition) is 3. The lowest BCUT2D eigenvalue weighted by atomic mass is 10.1. The van der Waals surface area contributed by atoms with E-state index in [0.29, 0.717) is 6.42 Å². The van der Waals surface area contributed by atoms with Crippen molar-refractivity contribution < 1.29 is 9.53 Å². The Morgan fingerprint density at radius 2 is 2.20 bits per heavy atom. The van der Waals surface area contributed by atoms with Gasteiger partial charge >= 0.3 is 0 Å². The number of carbonyl (C=O) groups excluding carboxylic acids is 1. The molecule has 1 aromatic carbocycles.